The monoisotopic (exact) mass is 354 g/mol. The van der Waals surface area contributed by atoms with Crippen LogP contribution in [0, 0.1) is 0 Å². The predicted octanol–water partition coefficient (Wildman–Crippen LogP) is 0.995. The van der Waals surface area contributed by atoms with E-state index in [9.17, 15) is 18.0 Å². The topological polar surface area (TPSA) is 104 Å². The van der Waals surface area contributed by atoms with Gasteiger partial charge in [-0.15, -0.1) is 0 Å². The van der Waals surface area contributed by atoms with E-state index in [1.165, 1.54) is 16.4 Å². The fourth-order valence-electron chi connectivity index (χ4n) is 2.59. The van der Waals surface area contributed by atoms with Crippen LogP contribution in [0.3, 0.4) is 0 Å². The number of hydrogen-bond donors (Lipinski definition) is 2. The highest BCUT2D eigenvalue weighted by Gasteiger charge is 2.25. The lowest BCUT2D eigenvalue weighted by Crippen LogP contribution is -2.35. The predicted molar refractivity (Wildman–Crippen MR) is 88.0 cm³/mol. The zero-order chi connectivity index (χ0) is 17.6. The quantitative estimate of drug-likeness (QED) is 0.760. The van der Waals surface area contributed by atoms with Crippen molar-refractivity contribution in [1.82, 2.24) is 9.62 Å². The Morgan fingerprint density at radius 2 is 1.71 bits per heavy atom. The van der Waals surface area contributed by atoms with Crippen molar-refractivity contribution in [2.45, 2.75) is 37.0 Å². The molecular weight excluding hydrogens is 332 g/mol. The minimum absolute atomic E-state index is 0.0790. The van der Waals surface area contributed by atoms with Crippen LogP contribution < -0.4 is 5.32 Å². The first-order chi connectivity index (χ1) is 11.4. The second-order valence-electron chi connectivity index (χ2n) is 5.78. The fourth-order valence-corrected chi connectivity index (χ4v) is 4.11. The number of sulfonamides is 1. The number of carbonyl (C=O) groups is 2. The molecule has 2 rings (SSSR count). The first kappa shape index (κ1) is 18.4. The smallest absolute Gasteiger partial charge is 0.305 e. The second kappa shape index (κ2) is 8.25. The molecule has 2 N–H and O–H groups in total. The van der Waals surface area contributed by atoms with Gasteiger partial charge in [0.15, 0.2) is 0 Å². The van der Waals surface area contributed by atoms with Gasteiger partial charge in [-0.25, -0.2) is 8.42 Å². The highest BCUT2D eigenvalue weighted by atomic mass is 32.2. The molecule has 0 aromatic heterocycles. The van der Waals surface area contributed by atoms with E-state index in [-0.39, 0.29) is 30.2 Å². The zero-order valence-electron chi connectivity index (χ0n) is 13.4. The van der Waals surface area contributed by atoms with Gasteiger partial charge in [0.05, 0.1) is 17.7 Å². The van der Waals surface area contributed by atoms with Crippen LogP contribution in [0.25, 0.3) is 0 Å². The number of benzene rings is 1. The molecule has 1 aliphatic heterocycles. The molecule has 0 radical (unpaired) electrons. The molecule has 0 bridgehead atoms. The maximum absolute atomic E-state index is 12.5. The summed E-state index contributed by atoms with van der Waals surface area (Å²) in [5.41, 5.74) is 0.681. The SMILES string of the molecule is O=C(O)CCNC(=O)Cc1ccc(S(=O)(=O)N2CCCCC2)cc1. The number of rotatable bonds is 7. The van der Waals surface area contributed by atoms with E-state index < -0.39 is 16.0 Å². The molecule has 1 amide bonds. The third-order valence-electron chi connectivity index (χ3n) is 3.90. The first-order valence-electron chi connectivity index (χ1n) is 7.97. The molecule has 24 heavy (non-hydrogen) atoms. The zero-order valence-corrected chi connectivity index (χ0v) is 14.2. The van der Waals surface area contributed by atoms with Crippen LogP contribution in [0.15, 0.2) is 29.2 Å². The maximum atomic E-state index is 12.5. The molecule has 0 atom stereocenters. The van der Waals surface area contributed by atoms with E-state index in [4.69, 9.17) is 5.11 Å². The number of carboxylic acid groups (broad SMARTS) is 1. The van der Waals surface area contributed by atoms with Crippen molar-refractivity contribution >= 4 is 21.9 Å². The van der Waals surface area contributed by atoms with Crippen molar-refractivity contribution in [2.24, 2.45) is 0 Å². The summed E-state index contributed by atoms with van der Waals surface area (Å²) in [6.07, 6.45) is 2.78. The van der Waals surface area contributed by atoms with Crippen LogP contribution in [0.2, 0.25) is 0 Å². The Hall–Kier alpha value is -1.93. The number of nitrogens with zero attached hydrogens (tertiary/aromatic N) is 1. The molecule has 1 saturated heterocycles. The van der Waals surface area contributed by atoms with Gasteiger partial charge in [0.25, 0.3) is 0 Å². The van der Waals surface area contributed by atoms with Gasteiger partial charge in [0, 0.05) is 19.6 Å². The van der Waals surface area contributed by atoms with E-state index in [1.54, 1.807) is 12.1 Å². The van der Waals surface area contributed by atoms with Crippen LogP contribution in [-0.2, 0) is 26.0 Å². The van der Waals surface area contributed by atoms with Crippen molar-refractivity contribution in [3.63, 3.8) is 0 Å². The number of carboxylic acids is 1. The minimum atomic E-state index is -3.46. The molecule has 1 fully saturated rings. The molecule has 0 spiro atoms. The van der Waals surface area contributed by atoms with Gasteiger partial charge >= 0.3 is 5.97 Å². The molecular formula is C16H22N2O5S. The summed E-state index contributed by atoms with van der Waals surface area (Å²) in [6.45, 7) is 1.18. The van der Waals surface area contributed by atoms with Gasteiger partial charge in [-0.1, -0.05) is 18.6 Å². The largest absolute Gasteiger partial charge is 0.481 e. The molecule has 1 aromatic carbocycles. The molecule has 0 aliphatic carbocycles. The first-order valence-corrected chi connectivity index (χ1v) is 9.41. The Kier molecular flexibility index (Phi) is 6.33. The summed E-state index contributed by atoms with van der Waals surface area (Å²) >= 11 is 0. The number of carbonyl (C=O) groups excluding carboxylic acids is 1. The number of hydrogen-bond acceptors (Lipinski definition) is 4. The molecule has 0 unspecified atom stereocenters. The summed E-state index contributed by atoms with van der Waals surface area (Å²) in [5.74, 6) is -1.26. The van der Waals surface area contributed by atoms with Gasteiger partial charge in [-0.05, 0) is 30.5 Å². The highest BCUT2D eigenvalue weighted by Crippen LogP contribution is 2.20. The molecule has 7 nitrogen and oxygen atoms in total. The van der Waals surface area contributed by atoms with Crippen LogP contribution in [0.1, 0.15) is 31.2 Å². The summed E-state index contributed by atoms with van der Waals surface area (Å²) in [6, 6.07) is 6.27. The molecule has 0 saturated carbocycles. The van der Waals surface area contributed by atoms with E-state index >= 15 is 0 Å². The molecule has 1 aliphatic rings. The summed E-state index contributed by atoms with van der Waals surface area (Å²) in [4.78, 5) is 22.3. The van der Waals surface area contributed by atoms with Gasteiger partial charge < -0.3 is 10.4 Å². The lowest BCUT2D eigenvalue weighted by Gasteiger charge is -2.25. The lowest BCUT2D eigenvalue weighted by atomic mass is 10.1. The molecule has 1 aromatic rings. The van der Waals surface area contributed by atoms with Crippen molar-refractivity contribution in [2.75, 3.05) is 19.6 Å². The normalized spacial score (nSPS) is 15.8. The highest BCUT2D eigenvalue weighted by molar-refractivity contribution is 7.89. The van der Waals surface area contributed by atoms with E-state index in [2.05, 4.69) is 5.32 Å². The van der Waals surface area contributed by atoms with E-state index in [1.807, 2.05) is 0 Å². The molecule has 132 valence electrons. The van der Waals surface area contributed by atoms with Crippen LogP contribution in [0.5, 0.6) is 0 Å². The third-order valence-corrected chi connectivity index (χ3v) is 5.81. The summed E-state index contributed by atoms with van der Waals surface area (Å²) < 4.78 is 26.5. The van der Waals surface area contributed by atoms with Crippen molar-refractivity contribution in [3.05, 3.63) is 29.8 Å². The lowest BCUT2D eigenvalue weighted by molar-refractivity contribution is -0.136. The van der Waals surface area contributed by atoms with E-state index in [0.717, 1.165) is 19.3 Å². The average molecular weight is 354 g/mol. The summed E-state index contributed by atoms with van der Waals surface area (Å²) in [5, 5.41) is 11.0. The minimum Gasteiger partial charge on any atom is -0.481 e. The summed E-state index contributed by atoms with van der Waals surface area (Å²) in [7, 11) is -3.46. The van der Waals surface area contributed by atoms with Crippen LogP contribution >= 0.6 is 0 Å². The van der Waals surface area contributed by atoms with Crippen molar-refractivity contribution in [3.8, 4) is 0 Å². The number of piperidine rings is 1. The van der Waals surface area contributed by atoms with Crippen LogP contribution in [0.4, 0.5) is 0 Å². The standard InChI is InChI=1S/C16H22N2O5S/c19-15(17-9-8-16(20)21)12-13-4-6-14(7-5-13)24(22,23)18-10-2-1-3-11-18/h4-7H,1-3,8-12H2,(H,17,19)(H,20,21). The third kappa shape index (κ3) is 5.04. The van der Waals surface area contributed by atoms with Crippen molar-refractivity contribution in [1.29, 1.82) is 0 Å². The van der Waals surface area contributed by atoms with Gasteiger partial charge in [-0.2, -0.15) is 4.31 Å². The second-order valence-corrected chi connectivity index (χ2v) is 7.72. The number of aliphatic carboxylic acids is 1. The average Bonchev–Trinajstić information content (AvgIpc) is 2.56. The maximum Gasteiger partial charge on any atom is 0.305 e. The fraction of sp³-hybridized carbons (Fsp3) is 0.500. The number of nitrogens with one attached hydrogen (secondary N) is 1. The van der Waals surface area contributed by atoms with Gasteiger partial charge in [-0.3, -0.25) is 9.59 Å². The molecule has 1 heterocycles. The Balaban J connectivity index is 1.94. The Morgan fingerprint density at radius 1 is 1.08 bits per heavy atom. The van der Waals surface area contributed by atoms with Gasteiger partial charge in [0.2, 0.25) is 15.9 Å². The molecule has 8 heteroatoms. The Morgan fingerprint density at radius 3 is 2.29 bits per heavy atom. The number of amides is 1. The Labute approximate surface area is 141 Å². The Bertz CT molecular complexity index is 679. The van der Waals surface area contributed by atoms with E-state index in [0.29, 0.717) is 18.7 Å². The van der Waals surface area contributed by atoms with Gasteiger partial charge in [0.1, 0.15) is 0 Å². The van der Waals surface area contributed by atoms with Crippen LogP contribution in [-0.4, -0.2) is 49.3 Å². The van der Waals surface area contributed by atoms with Crippen molar-refractivity contribution < 1.29 is 23.1 Å².